The van der Waals surface area contributed by atoms with Crippen molar-refractivity contribution in [1.82, 2.24) is 4.98 Å². The van der Waals surface area contributed by atoms with Crippen LogP contribution in [0.1, 0.15) is 26.3 Å². The second-order valence-corrected chi connectivity index (χ2v) is 9.09. The Labute approximate surface area is 206 Å². The summed E-state index contributed by atoms with van der Waals surface area (Å²) in [6.07, 6.45) is 0. The number of nitrogens with zero attached hydrogens (tertiary/aromatic N) is 2. The Balaban J connectivity index is 1.27. The number of carbonyl (C=O) groups excluding carboxylic acids is 2. The number of morpholine rings is 1. The van der Waals surface area contributed by atoms with Crippen LogP contribution in [0.5, 0.6) is 5.75 Å². The minimum absolute atomic E-state index is 0.197. The molecule has 0 saturated carbocycles. The summed E-state index contributed by atoms with van der Waals surface area (Å²) in [6.45, 7) is 3.27. The van der Waals surface area contributed by atoms with Crippen molar-refractivity contribution >= 4 is 44.2 Å². The number of nitrogens with one attached hydrogen (secondary N) is 1. The van der Waals surface area contributed by atoms with E-state index in [1.165, 1.54) is 0 Å². The number of amides is 2. The minimum atomic E-state index is -0.552. The number of ether oxygens (including phenoxy) is 2. The molecule has 1 aliphatic rings. The van der Waals surface area contributed by atoms with Crippen molar-refractivity contribution < 1.29 is 19.1 Å². The Morgan fingerprint density at radius 2 is 1.89 bits per heavy atom. The molecule has 1 saturated heterocycles. The molecule has 178 valence electrons. The highest BCUT2D eigenvalue weighted by Crippen LogP contribution is 2.31. The first-order valence-electron chi connectivity index (χ1n) is 11.2. The summed E-state index contributed by atoms with van der Waals surface area (Å²) >= 11 is 1.61. The molecule has 1 aromatic heterocycles. The average Bonchev–Trinajstić information content (AvgIpc) is 3.32. The molecule has 0 unspecified atom stereocenters. The van der Waals surface area contributed by atoms with Gasteiger partial charge in [0.25, 0.3) is 11.8 Å². The summed E-state index contributed by atoms with van der Waals surface area (Å²) in [5.74, 6) is -0.366. The number of hydrogen-bond donors (Lipinski definition) is 2. The molecule has 0 spiro atoms. The summed E-state index contributed by atoms with van der Waals surface area (Å²) < 4.78 is 12.2. The number of rotatable bonds is 7. The molecule has 0 radical (unpaired) electrons. The molecule has 9 heteroatoms. The molecule has 8 nitrogen and oxygen atoms in total. The lowest BCUT2D eigenvalue weighted by molar-refractivity contribution is 0.0994. The molecular formula is C26H24N4O4S. The number of carbonyl (C=O) groups is 2. The van der Waals surface area contributed by atoms with Gasteiger partial charge in [-0.2, -0.15) is 0 Å². The summed E-state index contributed by atoms with van der Waals surface area (Å²) in [5.41, 5.74) is 8.64. The van der Waals surface area contributed by atoms with Crippen LogP contribution >= 0.6 is 11.3 Å². The van der Waals surface area contributed by atoms with Gasteiger partial charge < -0.3 is 25.4 Å². The van der Waals surface area contributed by atoms with Gasteiger partial charge in [-0.25, -0.2) is 4.98 Å². The van der Waals surface area contributed by atoms with Crippen molar-refractivity contribution in [2.75, 3.05) is 36.5 Å². The molecule has 4 aromatic rings. The smallest absolute Gasteiger partial charge is 0.255 e. The number of anilines is 2. The first-order valence-corrected chi connectivity index (χ1v) is 12.0. The standard InChI is InChI=1S/C26H24N4O4S/c27-24(31)20-6-1-2-7-22(20)34-16-17-4-3-5-18(14-17)25(32)28-19-8-9-21-23(15-19)35-26(29-21)30-10-12-33-13-11-30/h1-9,14-15H,10-13,16H2,(H2,27,31)(H,28,32). The van der Waals surface area contributed by atoms with Crippen molar-refractivity contribution in [2.24, 2.45) is 5.73 Å². The number of thiazole rings is 1. The highest BCUT2D eigenvalue weighted by Gasteiger charge is 2.16. The van der Waals surface area contributed by atoms with E-state index in [2.05, 4.69) is 10.2 Å². The van der Waals surface area contributed by atoms with E-state index in [1.807, 2.05) is 24.3 Å². The van der Waals surface area contributed by atoms with Crippen molar-refractivity contribution in [1.29, 1.82) is 0 Å². The van der Waals surface area contributed by atoms with Crippen LogP contribution in [0.15, 0.2) is 66.7 Å². The molecular weight excluding hydrogens is 464 g/mol. The monoisotopic (exact) mass is 488 g/mol. The van der Waals surface area contributed by atoms with Gasteiger partial charge in [0.15, 0.2) is 5.13 Å². The predicted molar refractivity (Wildman–Crippen MR) is 136 cm³/mol. The second-order valence-electron chi connectivity index (χ2n) is 8.08. The molecule has 1 fully saturated rings. The van der Waals surface area contributed by atoms with Crippen LogP contribution in [-0.4, -0.2) is 43.1 Å². The van der Waals surface area contributed by atoms with Crippen molar-refractivity contribution in [3.63, 3.8) is 0 Å². The molecule has 2 amide bonds. The zero-order valence-electron chi connectivity index (χ0n) is 18.9. The van der Waals surface area contributed by atoms with Gasteiger partial charge in [-0.3, -0.25) is 9.59 Å². The summed E-state index contributed by atoms with van der Waals surface area (Å²) in [5, 5.41) is 3.94. The zero-order chi connectivity index (χ0) is 24.2. The number of fused-ring (bicyclic) bond motifs is 1. The number of benzene rings is 3. The highest BCUT2D eigenvalue weighted by molar-refractivity contribution is 7.22. The fourth-order valence-electron chi connectivity index (χ4n) is 3.84. The predicted octanol–water partition coefficient (Wildman–Crippen LogP) is 4.06. The first kappa shape index (κ1) is 22.8. The number of aromatic nitrogens is 1. The number of primary amides is 1. The van der Waals surface area contributed by atoms with Gasteiger partial charge in [-0.1, -0.05) is 35.6 Å². The normalized spacial score (nSPS) is 13.5. The van der Waals surface area contributed by atoms with Gasteiger partial charge in [0, 0.05) is 24.3 Å². The van der Waals surface area contributed by atoms with Crippen LogP contribution in [0, 0.1) is 0 Å². The Morgan fingerprint density at radius 1 is 1.06 bits per heavy atom. The lowest BCUT2D eigenvalue weighted by Gasteiger charge is -2.25. The average molecular weight is 489 g/mol. The summed E-state index contributed by atoms with van der Waals surface area (Å²) in [7, 11) is 0. The van der Waals surface area contributed by atoms with Crippen LogP contribution in [0.4, 0.5) is 10.8 Å². The van der Waals surface area contributed by atoms with Gasteiger partial charge in [0.05, 0.1) is 29.0 Å². The molecule has 3 N–H and O–H groups in total. The molecule has 0 atom stereocenters. The lowest BCUT2D eigenvalue weighted by atomic mass is 10.1. The van der Waals surface area contributed by atoms with Crippen molar-refractivity contribution in [3.05, 3.63) is 83.4 Å². The van der Waals surface area contributed by atoms with Crippen molar-refractivity contribution in [2.45, 2.75) is 6.61 Å². The SMILES string of the molecule is NC(=O)c1ccccc1OCc1cccc(C(=O)Nc2ccc3nc(N4CCOCC4)sc3c2)c1. The van der Waals surface area contributed by atoms with Gasteiger partial charge in [0.1, 0.15) is 12.4 Å². The fraction of sp³-hybridized carbons (Fsp3) is 0.192. The maximum absolute atomic E-state index is 12.9. The topological polar surface area (TPSA) is 107 Å². The molecule has 5 rings (SSSR count). The third-order valence-corrected chi connectivity index (χ3v) is 6.73. The highest BCUT2D eigenvalue weighted by atomic mass is 32.1. The Morgan fingerprint density at radius 3 is 2.71 bits per heavy atom. The molecule has 0 aliphatic carbocycles. The number of nitrogens with two attached hydrogens (primary N) is 1. The largest absolute Gasteiger partial charge is 0.488 e. The van der Waals surface area contributed by atoms with E-state index >= 15 is 0 Å². The van der Waals surface area contributed by atoms with Crippen LogP contribution in [0.3, 0.4) is 0 Å². The Kier molecular flexibility index (Phi) is 6.60. The van der Waals surface area contributed by atoms with E-state index in [9.17, 15) is 9.59 Å². The zero-order valence-corrected chi connectivity index (χ0v) is 19.7. The van der Waals surface area contributed by atoms with Crippen molar-refractivity contribution in [3.8, 4) is 5.75 Å². The quantitative estimate of drug-likeness (QED) is 0.406. The maximum Gasteiger partial charge on any atom is 0.255 e. The second kappa shape index (κ2) is 10.1. The van der Waals surface area contributed by atoms with E-state index < -0.39 is 5.91 Å². The maximum atomic E-state index is 12.9. The third-order valence-electron chi connectivity index (χ3n) is 5.65. The Hall–Kier alpha value is -3.95. The van der Waals surface area contributed by atoms with Crippen LogP contribution in [-0.2, 0) is 11.3 Å². The van der Waals surface area contributed by atoms with Gasteiger partial charge in [0.2, 0.25) is 0 Å². The van der Waals surface area contributed by atoms with Gasteiger partial charge in [-0.15, -0.1) is 0 Å². The molecule has 35 heavy (non-hydrogen) atoms. The minimum Gasteiger partial charge on any atom is -0.488 e. The molecule has 2 heterocycles. The van der Waals surface area contributed by atoms with E-state index in [0.29, 0.717) is 35.8 Å². The van der Waals surface area contributed by atoms with Crippen LogP contribution < -0.4 is 20.7 Å². The van der Waals surface area contributed by atoms with Crippen LogP contribution in [0.25, 0.3) is 10.2 Å². The van der Waals surface area contributed by atoms with E-state index in [4.69, 9.17) is 20.2 Å². The molecule has 1 aliphatic heterocycles. The van der Waals surface area contributed by atoms with E-state index in [-0.39, 0.29) is 12.5 Å². The molecule has 0 bridgehead atoms. The molecule has 3 aromatic carbocycles. The number of hydrogen-bond acceptors (Lipinski definition) is 7. The van der Waals surface area contributed by atoms with E-state index in [0.717, 1.165) is 34.0 Å². The number of para-hydroxylation sites is 1. The third kappa shape index (κ3) is 5.26. The van der Waals surface area contributed by atoms with Crippen LogP contribution in [0.2, 0.25) is 0 Å². The summed E-state index contributed by atoms with van der Waals surface area (Å²) in [6, 6.07) is 19.7. The summed E-state index contributed by atoms with van der Waals surface area (Å²) in [4.78, 5) is 31.5. The Bertz CT molecular complexity index is 1380. The first-order chi connectivity index (χ1) is 17.1. The van der Waals surface area contributed by atoms with Gasteiger partial charge in [-0.05, 0) is 48.0 Å². The van der Waals surface area contributed by atoms with E-state index in [1.54, 1.807) is 53.8 Å². The van der Waals surface area contributed by atoms with Gasteiger partial charge >= 0.3 is 0 Å². The lowest BCUT2D eigenvalue weighted by Crippen LogP contribution is -2.36. The fourth-order valence-corrected chi connectivity index (χ4v) is 4.90.